The first-order valence-electron chi connectivity index (χ1n) is 5.78. The normalized spacial score (nSPS) is 10.8. The van der Waals surface area contributed by atoms with Crippen molar-refractivity contribution >= 4 is 35.2 Å². The molecule has 0 saturated carbocycles. The van der Waals surface area contributed by atoms with Gasteiger partial charge in [-0.2, -0.15) is 0 Å². The topological polar surface area (TPSA) is 46.5 Å². The van der Waals surface area contributed by atoms with Gasteiger partial charge in [-0.3, -0.25) is 0 Å². The van der Waals surface area contributed by atoms with E-state index < -0.39 is 11.8 Å². The van der Waals surface area contributed by atoms with Gasteiger partial charge in [-0.15, -0.1) is 0 Å². The van der Waals surface area contributed by atoms with Crippen molar-refractivity contribution in [1.29, 1.82) is 0 Å². The van der Waals surface area contributed by atoms with Crippen molar-refractivity contribution in [2.45, 2.75) is 0 Å². The van der Waals surface area contributed by atoms with Crippen molar-refractivity contribution in [1.82, 2.24) is 0 Å². The zero-order chi connectivity index (χ0) is 15.4. The van der Waals surface area contributed by atoms with Crippen LogP contribution in [0.4, 0.5) is 4.39 Å². The number of carboxylic acid groups (broad SMARTS) is 1. The molecule has 0 radical (unpaired) electrons. The van der Waals surface area contributed by atoms with Crippen LogP contribution in [0.15, 0.2) is 42.5 Å². The van der Waals surface area contributed by atoms with Crippen LogP contribution in [0.2, 0.25) is 10.0 Å². The lowest BCUT2D eigenvalue weighted by Gasteiger charge is -2.09. The van der Waals surface area contributed by atoms with Gasteiger partial charge in [-0.05, 0) is 42.5 Å². The molecular weight excluding hydrogens is 318 g/mol. The molecule has 0 amide bonds. The molecule has 0 unspecified atom stereocenters. The molecule has 0 aromatic heterocycles. The molecule has 21 heavy (non-hydrogen) atoms. The summed E-state index contributed by atoms with van der Waals surface area (Å²) in [6.45, 7) is 0. The maximum absolute atomic E-state index is 13.3. The van der Waals surface area contributed by atoms with E-state index in [2.05, 4.69) is 0 Å². The van der Waals surface area contributed by atoms with E-state index in [9.17, 15) is 9.18 Å². The zero-order valence-electron chi connectivity index (χ0n) is 10.5. The molecule has 2 aromatic carbocycles. The van der Waals surface area contributed by atoms with Gasteiger partial charge in [-0.1, -0.05) is 23.2 Å². The largest absolute Gasteiger partial charge is 0.478 e. The Morgan fingerprint density at radius 3 is 2.43 bits per heavy atom. The Balaban J connectivity index is 2.36. The highest BCUT2D eigenvalue weighted by atomic mass is 35.5. The van der Waals surface area contributed by atoms with Crippen LogP contribution < -0.4 is 4.74 Å². The van der Waals surface area contributed by atoms with Crippen molar-refractivity contribution in [3.8, 4) is 11.5 Å². The minimum atomic E-state index is -1.14. The lowest BCUT2D eigenvalue weighted by molar-refractivity contribution is -0.131. The predicted octanol–water partition coefficient (Wildman–Crippen LogP) is 5.02. The van der Waals surface area contributed by atoms with Gasteiger partial charge in [0.05, 0.1) is 0 Å². The van der Waals surface area contributed by atoms with Crippen molar-refractivity contribution < 1.29 is 19.0 Å². The summed E-state index contributed by atoms with van der Waals surface area (Å²) in [5.41, 5.74) is 0.286. The lowest BCUT2D eigenvalue weighted by Crippen LogP contribution is -1.91. The Morgan fingerprint density at radius 1 is 1.14 bits per heavy atom. The standard InChI is InChI=1S/C15H9Cl2FO3/c16-10-6-11(17)8-13(7-10)21-14-3-2-12(18)5-9(14)1-4-15(19)20/h1-8H,(H,19,20)/b4-1+. The summed E-state index contributed by atoms with van der Waals surface area (Å²) < 4.78 is 18.8. The molecule has 0 saturated heterocycles. The fraction of sp³-hybridized carbons (Fsp3) is 0. The molecule has 0 aliphatic rings. The minimum absolute atomic E-state index is 0.284. The second kappa shape index (κ2) is 6.61. The molecule has 0 heterocycles. The second-order valence-electron chi connectivity index (χ2n) is 4.06. The number of halogens is 3. The first-order chi connectivity index (χ1) is 9.94. The average molecular weight is 327 g/mol. The average Bonchev–Trinajstić information content (AvgIpc) is 2.37. The van der Waals surface area contributed by atoms with Gasteiger partial charge in [-0.25, -0.2) is 9.18 Å². The Morgan fingerprint density at radius 2 is 1.81 bits per heavy atom. The molecule has 0 atom stereocenters. The van der Waals surface area contributed by atoms with Crippen molar-refractivity contribution in [2.24, 2.45) is 0 Å². The quantitative estimate of drug-likeness (QED) is 0.802. The highest BCUT2D eigenvalue weighted by molar-refractivity contribution is 6.34. The number of carbonyl (C=O) groups is 1. The summed E-state index contributed by atoms with van der Waals surface area (Å²) in [6.07, 6.45) is 2.14. The Bertz CT molecular complexity index is 694. The summed E-state index contributed by atoms with van der Waals surface area (Å²) >= 11 is 11.7. The molecular formula is C15H9Cl2FO3. The maximum Gasteiger partial charge on any atom is 0.328 e. The Hall–Kier alpha value is -2.04. The van der Waals surface area contributed by atoms with Crippen LogP contribution in [0.1, 0.15) is 5.56 Å². The molecule has 108 valence electrons. The fourth-order valence-corrected chi connectivity index (χ4v) is 2.12. The number of carboxylic acids is 1. The van der Waals surface area contributed by atoms with Gasteiger partial charge in [0.1, 0.15) is 17.3 Å². The highest BCUT2D eigenvalue weighted by Gasteiger charge is 2.07. The van der Waals surface area contributed by atoms with Crippen LogP contribution in [0.5, 0.6) is 11.5 Å². The second-order valence-corrected chi connectivity index (χ2v) is 4.93. The number of hydrogen-bond acceptors (Lipinski definition) is 2. The lowest BCUT2D eigenvalue weighted by atomic mass is 10.2. The van der Waals surface area contributed by atoms with E-state index in [1.165, 1.54) is 24.3 Å². The van der Waals surface area contributed by atoms with Gasteiger partial charge >= 0.3 is 5.97 Å². The smallest absolute Gasteiger partial charge is 0.328 e. The molecule has 2 aromatic rings. The number of ether oxygens (including phenoxy) is 1. The van der Waals surface area contributed by atoms with Crippen LogP contribution in [-0.2, 0) is 4.79 Å². The molecule has 0 spiro atoms. The molecule has 6 heteroatoms. The summed E-state index contributed by atoms with van der Waals surface area (Å²) in [5.74, 6) is -0.996. The predicted molar refractivity (Wildman–Crippen MR) is 79.6 cm³/mol. The fourth-order valence-electron chi connectivity index (χ4n) is 1.62. The minimum Gasteiger partial charge on any atom is -0.478 e. The summed E-state index contributed by atoms with van der Waals surface area (Å²) in [7, 11) is 0. The third-order valence-electron chi connectivity index (χ3n) is 2.44. The summed E-state index contributed by atoms with van der Waals surface area (Å²) in [5, 5.41) is 9.42. The van der Waals surface area contributed by atoms with E-state index in [4.69, 9.17) is 33.0 Å². The number of aliphatic carboxylic acids is 1. The molecule has 2 rings (SSSR count). The van der Waals surface area contributed by atoms with E-state index in [1.807, 2.05) is 0 Å². The van der Waals surface area contributed by atoms with Crippen molar-refractivity contribution in [3.63, 3.8) is 0 Å². The van der Waals surface area contributed by atoms with Crippen LogP contribution in [0, 0.1) is 5.82 Å². The summed E-state index contributed by atoms with van der Waals surface area (Å²) in [6, 6.07) is 8.40. The number of benzene rings is 2. The molecule has 3 nitrogen and oxygen atoms in total. The molecule has 0 fully saturated rings. The van der Waals surface area contributed by atoms with E-state index in [-0.39, 0.29) is 11.3 Å². The molecule has 1 N–H and O–H groups in total. The van der Waals surface area contributed by atoms with Gasteiger partial charge in [0.25, 0.3) is 0 Å². The van der Waals surface area contributed by atoms with Gasteiger partial charge < -0.3 is 9.84 Å². The van der Waals surface area contributed by atoms with Gasteiger partial charge in [0.2, 0.25) is 0 Å². The highest BCUT2D eigenvalue weighted by Crippen LogP contribution is 2.31. The zero-order valence-corrected chi connectivity index (χ0v) is 12.0. The van der Waals surface area contributed by atoms with Gasteiger partial charge in [0.15, 0.2) is 0 Å². The third kappa shape index (κ3) is 4.48. The first-order valence-corrected chi connectivity index (χ1v) is 6.54. The summed E-state index contributed by atoms with van der Waals surface area (Å²) in [4.78, 5) is 10.6. The van der Waals surface area contributed by atoms with Crippen LogP contribution in [0.25, 0.3) is 6.08 Å². The Kier molecular flexibility index (Phi) is 4.83. The first kappa shape index (κ1) is 15.4. The molecule has 0 aliphatic carbocycles. The van der Waals surface area contributed by atoms with E-state index >= 15 is 0 Å². The van der Waals surface area contributed by atoms with E-state index in [1.54, 1.807) is 18.2 Å². The molecule has 0 bridgehead atoms. The van der Waals surface area contributed by atoms with Crippen molar-refractivity contribution in [2.75, 3.05) is 0 Å². The van der Waals surface area contributed by atoms with Crippen LogP contribution in [0.3, 0.4) is 0 Å². The van der Waals surface area contributed by atoms with Crippen LogP contribution >= 0.6 is 23.2 Å². The third-order valence-corrected chi connectivity index (χ3v) is 2.88. The van der Waals surface area contributed by atoms with Crippen LogP contribution in [-0.4, -0.2) is 11.1 Å². The van der Waals surface area contributed by atoms with Crippen molar-refractivity contribution in [3.05, 3.63) is 63.9 Å². The van der Waals surface area contributed by atoms with E-state index in [0.29, 0.717) is 15.8 Å². The Labute approximate surface area is 130 Å². The van der Waals surface area contributed by atoms with Gasteiger partial charge in [0, 0.05) is 21.7 Å². The van der Waals surface area contributed by atoms with E-state index in [0.717, 1.165) is 6.08 Å². The monoisotopic (exact) mass is 326 g/mol. The maximum atomic E-state index is 13.3. The SMILES string of the molecule is O=C(O)/C=C/c1cc(F)ccc1Oc1cc(Cl)cc(Cl)c1. The molecule has 0 aliphatic heterocycles. The number of rotatable bonds is 4. The number of hydrogen-bond donors (Lipinski definition) is 1.